The van der Waals surface area contributed by atoms with Crippen molar-refractivity contribution in [1.29, 1.82) is 0 Å². The van der Waals surface area contributed by atoms with Crippen LogP contribution in [-0.4, -0.2) is 41.4 Å². The third-order valence-electron chi connectivity index (χ3n) is 3.26. The zero-order valence-electron chi connectivity index (χ0n) is 11.4. The second kappa shape index (κ2) is 5.30. The van der Waals surface area contributed by atoms with Gasteiger partial charge in [0.25, 0.3) is 0 Å². The third-order valence-corrected chi connectivity index (χ3v) is 3.26. The van der Waals surface area contributed by atoms with E-state index in [1.807, 2.05) is 18.6 Å². The van der Waals surface area contributed by atoms with Crippen LogP contribution in [-0.2, 0) is 19.6 Å². The van der Waals surface area contributed by atoms with E-state index < -0.39 is 0 Å². The first-order valence-corrected chi connectivity index (χ1v) is 6.52. The van der Waals surface area contributed by atoms with Gasteiger partial charge in [-0.1, -0.05) is 0 Å². The Kier molecular flexibility index (Phi) is 3.34. The lowest BCUT2D eigenvalue weighted by Gasteiger charge is -2.32. The van der Waals surface area contributed by atoms with Crippen LogP contribution in [0, 0.1) is 0 Å². The van der Waals surface area contributed by atoms with Crippen LogP contribution in [0.5, 0.6) is 0 Å². The molecule has 3 N–H and O–H groups in total. The average molecular weight is 272 g/mol. The molecule has 104 valence electrons. The molecule has 7 heteroatoms. The van der Waals surface area contributed by atoms with E-state index in [1.54, 1.807) is 18.6 Å². The molecule has 0 saturated heterocycles. The Hall–Kier alpha value is -2.41. The van der Waals surface area contributed by atoms with Gasteiger partial charge in [0.1, 0.15) is 19.6 Å². The van der Waals surface area contributed by atoms with Crippen LogP contribution in [0.15, 0.2) is 37.2 Å². The van der Waals surface area contributed by atoms with Gasteiger partial charge >= 0.3 is 0 Å². The van der Waals surface area contributed by atoms with E-state index in [2.05, 4.69) is 37.0 Å². The fraction of sp³-hybridized carbons (Fsp3) is 0.308. The molecule has 0 radical (unpaired) electrons. The van der Waals surface area contributed by atoms with Gasteiger partial charge in [-0.05, 0) is 0 Å². The molecule has 0 fully saturated rings. The molecule has 3 heterocycles. The topological polar surface area (TPSA) is 86.0 Å². The zero-order chi connectivity index (χ0) is 13.8. The third kappa shape index (κ3) is 2.94. The van der Waals surface area contributed by atoms with E-state index in [-0.39, 0.29) is 0 Å². The van der Waals surface area contributed by atoms with Gasteiger partial charge in [0.2, 0.25) is 0 Å². The van der Waals surface area contributed by atoms with Gasteiger partial charge in [0.05, 0.1) is 7.05 Å². The summed E-state index contributed by atoms with van der Waals surface area (Å²) in [6.07, 6.45) is 10.9. The number of rotatable bonds is 6. The van der Waals surface area contributed by atoms with Gasteiger partial charge < -0.3 is 19.4 Å². The van der Waals surface area contributed by atoms with Gasteiger partial charge in [0, 0.05) is 37.2 Å². The number of nitrogens with one attached hydrogen (secondary N) is 3. The molecule has 3 aromatic heterocycles. The first kappa shape index (κ1) is 12.6. The Morgan fingerprint density at radius 1 is 0.750 bits per heavy atom. The normalized spacial score (nSPS) is 11.8. The predicted octanol–water partition coefficient (Wildman–Crippen LogP) is 1.20. The quantitative estimate of drug-likeness (QED) is 0.589. The maximum atomic E-state index is 4.33. The van der Waals surface area contributed by atoms with Crippen LogP contribution >= 0.6 is 0 Å². The molecule has 0 atom stereocenters. The van der Waals surface area contributed by atoms with Crippen molar-refractivity contribution < 1.29 is 4.48 Å². The first-order valence-electron chi connectivity index (χ1n) is 6.52. The van der Waals surface area contributed by atoms with Crippen LogP contribution in [0.1, 0.15) is 17.5 Å². The van der Waals surface area contributed by atoms with E-state index in [0.717, 1.165) is 41.6 Å². The highest BCUT2D eigenvalue weighted by atomic mass is 15.4. The molecule has 0 unspecified atom stereocenters. The molecule has 3 aromatic rings. The minimum atomic E-state index is 0.731. The maximum absolute atomic E-state index is 4.33. The number of aromatic nitrogens is 6. The summed E-state index contributed by atoms with van der Waals surface area (Å²) in [7, 11) is 2.17. The molecule has 0 aliphatic heterocycles. The van der Waals surface area contributed by atoms with Crippen LogP contribution in [0.3, 0.4) is 0 Å². The number of aromatic amines is 3. The monoisotopic (exact) mass is 272 g/mol. The Labute approximate surface area is 116 Å². The standard InChI is InChI=1S/C13H18N7/c1-20(8-11-14-2-3-15-11,9-12-16-4-5-17-12)10-13-18-6-7-19-13/h2-7H,8-10H2,1H3,(H,14,15)(H,16,17)(H,18,19)/q+1. The number of nitrogens with zero attached hydrogens (tertiary/aromatic N) is 4. The lowest BCUT2D eigenvalue weighted by molar-refractivity contribution is -0.949. The molecule has 3 rings (SSSR count). The van der Waals surface area contributed by atoms with Crippen molar-refractivity contribution in [3.63, 3.8) is 0 Å². The summed E-state index contributed by atoms with van der Waals surface area (Å²) < 4.78 is 0.731. The Morgan fingerprint density at radius 2 is 1.10 bits per heavy atom. The molecule has 0 bridgehead atoms. The van der Waals surface area contributed by atoms with E-state index in [0.29, 0.717) is 0 Å². The maximum Gasteiger partial charge on any atom is 0.161 e. The molecular weight excluding hydrogens is 254 g/mol. The zero-order valence-corrected chi connectivity index (χ0v) is 11.4. The van der Waals surface area contributed by atoms with E-state index in [4.69, 9.17) is 0 Å². The lowest BCUT2D eigenvalue weighted by Crippen LogP contribution is -2.42. The number of imidazole rings is 3. The van der Waals surface area contributed by atoms with Crippen molar-refractivity contribution in [3.05, 3.63) is 54.7 Å². The van der Waals surface area contributed by atoms with Gasteiger partial charge in [0.15, 0.2) is 17.5 Å². The van der Waals surface area contributed by atoms with Crippen molar-refractivity contribution in [2.24, 2.45) is 0 Å². The summed E-state index contributed by atoms with van der Waals surface area (Å²) in [4.78, 5) is 22.5. The molecule has 0 aromatic carbocycles. The lowest BCUT2D eigenvalue weighted by atomic mass is 10.3. The van der Waals surface area contributed by atoms with Crippen molar-refractivity contribution in [3.8, 4) is 0 Å². The van der Waals surface area contributed by atoms with Crippen molar-refractivity contribution >= 4 is 0 Å². The first-order chi connectivity index (χ1) is 9.73. The molecular formula is C13H18N7+. The summed E-state index contributed by atoms with van der Waals surface area (Å²) >= 11 is 0. The average Bonchev–Trinajstić information content (AvgIpc) is 3.11. The van der Waals surface area contributed by atoms with E-state index in [9.17, 15) is 0 Å². The van der Waals surface area contributed by atoms with Gasteiger partial charge in [-0.2, -0.15) is 0 Å². The number of H-pyrrole nitrogens is 3. The summed E-state index contributed by atoms with van der Waals surface area (Å²) in [5.74, 6) is 2.89. The van der Waals surface area contributed by atoms with Crippen LogP contribution in [0.25, 0.3) is 0 Å². The molecule has 20 heavy (non-hydrogen) atoms. The van der Waals surface area contributed by atoms with Crippen molar-refractivity contribution in [2.45, 2.75) is 19.6 Å². The highest BCUT2D eigenvalue weighted by Crippen LogP contribution is 2.17. The van der Waals surface area contributed by atoms with E-state index in [1.165, 1.54) is 0 Å². The molecule has 0 saturated carbocycles. The van der Waals surface area contributed by atoms with Crippen molar-refractivity contribution in [1.82, 2.24) is 29.9 Å². The number of hydrogen-bond acceptors (Lipinski definition) is 3. The Morgan fingerprint density at radius 3 is 1.35 bits per heavy atom. The molecule has 0 aliphatic rings. The molecule has 0 spiro atoms. The highest BCUT2D eigenvalue weighted by Gasteiger charge is 2.26. The smallest absolute Gasteiger partial charge is 0.161 e. The second-order valence-electron chi connectivity index (χ2n) is 5.20. The Balaban J connectivity index is 1.81. The molecule has 0 aliphatic carbocycles. The number of quaternary nitrogens is 1. The minimum Gasteiger partial charge on any atom is -0.344 e. The minimum absolute atomic E-state index is 0.731. The molecule has 0 amide bonds. The summed E-state index contributed by atoms with van der Waals surface area (Å²) in [5.41, 5.74) is 0. The van der Waals surface area contributed by atoms with Crippen LogP contribution in [0.4, 0.5) is 0 Å². The van der Waals surface area contributed by atoms with Crippen molar-refractivity contribution in [2.75, 3.05) is 7.05 Å². The Bertz CT molecular complexity index is 521. The largest absolute Gasteiger partial charge is 0.344 e. The SMILES string of the molecule is C[N+](Cc1ncc[nH]1)(Cc1ncc[nH]1)Cc1ncc[nH]1. The molecule has 7 nitrogen and oxygen atoms in total. The second-order valence-corrected chi connectivity index (χ2v) is 5.20. The van der Waals surface area contributed by atoms with Gasteiger partial charge in [-0.25, -0.2) is 15.0 Å². The highest BCUT2D eigenvalue weighted by molar-refractivity contribution is 4.89. The van der Waals surface area contributed by atoms with Gasteiger partial charge in [-0.15, -0.1) is 0 Å². The summed E-state index contributed by atoms with van der Waals surface area (Å²) in [5, 5.41) is 0. The fourth-order valence-electron chi connectivity index (χ4n) is 2.41. The van der Waals surface area contributed by atoms with Crippen LogP contribution in [0.2, 0.25) is 0 Å². The number of hydrogen-bond donors (Lipinski definition) is 3. The fourth-order valence-corrected chi connectivity index (χ4v) is 2.41. The summed E-state index contributed by atoms with van der Waals surface area (Å²) in [6, 6.07) is 0. The van der Waals surface area contributed by atoms with E-state index >= 15 is 0 Å². The summed E-state index contributed by atoms with van der Waals surface area (Å²) in [6.45, 7) is 2.36. The van der Waals surface area contributed by atoms with Crippen LogP contribution < -0.4 is 0 Å². The predicted molar refractivity (Wildman–Crippen MR) is 73.1 cm³/mol. The van der Waals surface area contributed by atoms with Gasteiger partial charge in [-0.3, -0.25) is 0 Å².